The van der Waals surface area contributed by atoms with Crippen LogP contribution in [-0.4, -0.2) is 29.1 Å². The van der Waals surface area contributed by atoms with Crippen molar-refractivity contribution in [1.29, 1.82) is 0 Å². The van der Waals surface area contributed by atoms with Crippen molar-refractivity contribution in [3.05, 3.63) is 35.4 Å². The van der Waals surface area contributed by atoms with Gasteiger partial charge in [-0.3, -0.25) is 14.9 Å². The number of benzene rings is 1. The standard InChI is InChI=1S/C16H24N2O3.ClH/c1-4-7-14(16(20)21)18-12(3)15(19)17-10-13-9-6-5-8-11(13)2;/h5-6,8-9,12,14,18H,4,7,10H2,1-3H3,(H,17,19)(H,20,21);1H. The Balaban J connectivity index is 0.00000441. The van der Waals surface area contributed by atoms with Gasteiger partial charge in [0.2, 0.25) is 5.91 Å². The fourth-order valence-corrected chi connectivity index (χ4v) is 2.09. The number of carbonyl (C=O) groups is 2. The highest BCUT2D eigenvalue weighted by molar-refractivity contribution is 5.85. The molecule has 0 saturated carbocycles. The molecule has 0 aliphatic rings. The second-order valence-electron chi connectivity index (χ2n) is 5.21. The number of amides is 1. The van der Waals surface area contributed by atoms with E-state index in [4.69, 9.17) is 5.11 Å². The number of hydrogen-bond acceptors (Lipinski definition) is 3. The van der Waals surface area contributed by atoms with Gasteiger partial charge in [0.15, 0.2) is 0 Å². The smallest absolute Gasteiger partial charge is 0.320 e. The Morgan fingerprint density at radius 2 is 1.91 bits per heavy atom. The molecular weight excluding hydrogens is 304 g/mol. The first kappa shape index (κ1) is 20.4. The zero-order valence-electron chi connectivity index (χ0n) is 13.3. The molecule has 0 aromatic heterocycles. The van der Waals surface area contributed by atoms with Crippen molar-refractivity contribution in [1.82, 2.24) is 10.6 Å². The lowest BCUT2D eigenvalue weighted by atomic mass is 10.1. The van der Waals surface area contributed by atoms with Gasteiger partial charge < -0.3 is 10.4 Å². The zero-order valence-corrected chi connectivity index (χ0v) is 14.1. The summed E-state index contributed by atoms with van der Waals surface area (Å²) < 4.78 is 0. The number of hydrogen-bond donors (Lipinski definition) is 3. The third-order valence-corrected chi connectivity index (χ3v) is 3.43. The van der Waals surface area contributed by atoms with Crippen LogP contribution >= 0.6 is 12.4 Å². The molecule has 1 amide bonds. The van der Waals surface area contributed by atoms with Gasteiger partial charge >= 0.3 is 5.97 Å². The van der Waals surface area contributed by atoms with E-state index in [1.54, 1.807) is 6.92 Å². The summed E-state index contributed by atoms with van der Waals surface area (Å²) in [5.74, 6) is -1.11. The molecule has 2 unspecified atom stereocenters. The third kappa shape index (κ3) is 6.45. The van der Waals surface area contributed by atoms with Crippen LogP contribution in [-0.2, 0) is 16.1 Å². The Labute approximate surface area is 137 Å². The molecule has 0 bridgehead atoms. The van der Waals surface area contributed by atoms with Gasteiger partial charge in [-0.05, 0) is 31.4 Å². The normalized spacial score (nSPS) is 12.9. The van der Waals surface area contributed by atoms with Gasteiger partial charge in [0.1, 0.15) is 6.04 Å². The molecule has 1 rings (SSSR count). The van der Waals surface area contributed by atoms with Gasteiger partial charge in [0.05, 0.1) is 6.04 Å². The molecule has 0 fully saturated rings. The molecule has 5 nitrogen and oxygen atoms in total. The van der Waals surface area contributed by atoms with Gasteiger partial charge in [-0.1, -0.05) is 37.6 Å². The molecule has 2 atom stereocenters. The molecular formula is C16H25ClN2O3. The maximum absolute atomic E-state index is 12.0. The summed E-state index contributed by atoms with van der Waals surface area (Å²) in [6.45, 7) is 6.03. The fourth-order valence-electron chi connectivity index (χ4n) is 2.09. The summed E-state index contributed by atoms with van der Waals surface area (Å²) in [6, 6.07) is 6.61. The average molecular weight is 329 g/mol. The van der Waals surface area contributed by atoms with E-state index < -0.39 is 18.1 Å². The number of nitrogens with one attached hydrogen (secondary N) is 2. The lowest BCUT2D eigenvalue weighted by Crippen LogP contribution is -2.49. The van der Waals surface area contributed by atoms with Crippen LogP contribution in [0.2, 0.25) is 0 Å². The predicted molar refractivity (Wildman–Crippen MR) is 89.2 cm³/mol. The van der Waals surface area contributed by atoms with E-state index in [9.17, 15) is 9.59 Å². The van der Waals surface area contributed by atoms with Crippen molar-refractivity contribution in [2.24, 2.45) is 0 Å². The van der Waals surface area contributed by atoms with Gasteiger partial charge in [0, 0.05) is 6.54 Å². The van der Waals surface area contributed by atoms with Crippen molar-refractivity contribution in [3.63, 3.8) is 0 Å². The summed E-state index contributed by atoms with van der Waals surface area (Å²) in [7, 11) is 0. The Morgan fingerprint density at radius 1 is 1.27 bits per heavy atom. The Morgan fingerprint density at radius 3 is 2.45 bits per heavy atom. The van der Waals surface area contributed by atoms with Crippen molar-refractivity contribution in [2.45, 2.75) is 52.2 Å². The van der Waals surface area contributed by atoms with Crippen LogP contribution in [0.1, 0.15) is 37.8 Å². The number of aliphatic carboxylic acids is 1. The van der Waals surface area contributed by atoms with E-state index in [-0.39, 0.29) is 18.3 Å². The molecule has 0 spiro atoms. The van der Waals surface area contributed by atoms with Crippen molar-refractivity contribution < 1.29 is 14.7 Å². The fraction of sp³-hybridized carbons (Fsp3) is 0.500. The number of carboxylic acid groups (broad SMARTS) is 1. The monoisotopic (exact) mass is 328 g/mol. The third-order valence-electron chi connectivity index (χ3n) is 3.43. The van der Waals surface area contributed by atoms with Crippen molar-refractivity contribution in [2.75, 3.05) is 0 Å². The maximum Gasteiger partial charge on any atom is 0.320 e. The molecule has 0 heterocycles. The molecule has 124 valence electrons. The van der Waals surface area contributed by atoms with E-state index in [1.165, 1.54) is 0 Å². The summed E-state index contributed by atoms with van der Waals surface area (Å²) in [6.07, 6.45) is 1.26. The van der Waals surface area contributed by atoms with Gasteiger partial charge in [-0.15, -0.1) is 12.4 Å². The molecule has 0 saturated heterocycles. The number of halogens is 1. The number of aryl methyl sites for hydroxylation is 1. The number of carboxylic acids is 1. The van der Waals surface area contributed by atoms with Crippen LogP contribution in [0, 0.1) is 6.92 Å². The highest BCUT2D eigenvalue weighted by atomic mass is 35.5. The molecule has 0 radical (unpaired) electrons. The average Bonchev–Trinajstić information content (AvgIpc) is 2.45. The van der Waals surface area contributed by atoms with Crippen molar-refractivity contribution >= 4 is 24.3 Å². The highest BCUT2D eigenvalue weighted by Crippen LogP contribution is 2.06. The lowest BCUT2D eigenvalue weighted by molar-refractivity contribution is -0.140. The topological polar surface area (TPSA) is 78.4 Å². The molecule has 1 aromatic rings. The van der Waals surface area contributed by atoms with E-state index in [2.05, 4.69) is 10.6 Å². The minimum absolute atomic E-state index is 0. The van der Waals surface area contributed by atoms with Gasteiger partial charge in [0.25, 0.3) is 0 Å². The summed E-state index contributed by atoms with van der Waals surface area (Å²) >= 11 is 0. The highest BCUT2D eigenvalue weighted by Gasteiger charge is 2.22. The molecule has 0 aliphatic heterocycles. The second kappa shape index (κ2) is 10.2. The Bertz CT molecular complexity index is 494. The molecule has 1 aromatic carbocycles. The van der Waals surface area contributed by atoms with Gasteiger partial charge in [-0.25, -0.2) is 0 Å². The van der Waals surface area contributed by atoms with E-state index in [0.717, 1.165) is 17.5 Å². The minimum atomic E-state index is -0.921. The van der Waals surface area contributed by atoms with E-state index >= 15 is 0 Å². The molecule has 6 heteroatoms. The SMILES string of the molecule is CCCC(NC(C)C(=O)NCc1ccccc1C)C(=O)O.Cl. The zero-order chi connectivity index (χ0) is 15.8. The van der Waals surface area contributed by atoms with E-state index in [0.29, 0.717) is 13.0 Å². The van der Waals surface area contributed by atoms with Crippen LogP contribution in [0.25, 0.3) is 0 Å². The predicted octanol–water partition coefficient (Wildman–Crippen LogP) is 2.26. The maximum atomic E-state index is 12.0. The van der Waals surface area contributed by atoms with Crippen LogP contribution in [0.5, 0.6) is 0 Å². The Kier molecular flexibility index (Phi) is 9.45. The minimum Gasteiger partial charge on any atom is -0.480 e. The van der Waals surface area contributed by atoms with Crippen LogP contribution in [0.15, 0.2) is 24.3 Å². The first-order valence-corrected chi connectivity index (χ1v) is 7.26. The summed E-state index contributed by atoms with van der Waals surface area (Å²) in [5.41, 5.74) is 2.18. The van der Waals surface area contributed by atoms with Crippen LogP contribution in [0.4, 0.5) is 0 Å². The van der Waals surface area contributed by atoms with Gasteiger partial charge in [-0.2, -0.15) is 0 Å². The summed E-state index contributed by atoms with van der Waals surface area (Å²) in [5, 5.41) is 14.8. The molecule has 22 heavy (non-hydrogen) atoms. The molecule has 3 N–H and O–H groups in total. The first-order chi connectivity index (χ1) is 9.95. The first-order valence-electron chi connectivity index (χ1n) is 7.26. The lowest BCUT2D eigenvalue weighted by Gasteiger charge is -2.19. The molecule has 0 aliphatic carbocycles. The summed E-state index contributed by atoms with van der Waals surface area (Å²) in [4.78, 5) is 23.1. The van der Waals surface area contributed by atoms with Crippen LogP contribution < -0.4 is 10.6 Å². The largest absolute Gasteiger partial charge is 0.480 e. The Hall–Kier alpha value is -1.59. The van der Waals surface area contributed by atoms with Crippen LogP contribution in [0.3, 0.4) is 0 Å². The quantitative estimate of drug-likeness (QED) is 0.684. The van der Waals surface area contributed by atoms with Crippen molar-refractivity contribution in [3.8, 4) is 0 Å². The number of carbonyl (C=O) groups excluding carboxylic acids is 1. The second-order valence-corrected chi connectivity index (χ2v) is 5.21. The number of rotatable bonds is 8. The van der Waals surface area contributed by atoms with E-state index in [1.807, 2.05) is 38.1 Å².